The zero-order chi connectivity index (χ0) is 19.5. The van der Waals surface area contributed by atoms with E-state index in [9.17, 15) is 9.59 Å². The standard InChI is InChI=1S/C19H27N5O2/c1-12-10-13(17(25)21-9-8-20)6-7-14(12)22-18(26)15-11-16(19(2,3)4)23-24(15)5/h6-7,10-11H,8-9,20H2,1-5H3,(H,21,25)(H,22,26). The molecule has 0 aliphatic heterocycles. The first-order valence-corrected chi connectivity index (χ1v) is 8.58. The third kappa shape index (κ3) is 4.49. The molecule has 2 rings (SSSR count). The summed E-state index contributed by atoms with van der Waals surface area (Å²) in [6.45, 7) is 8.81. The van der Waals surface area contributed by atoms with Crippen molar-refractivity contribution in [1.29, 1.82) is 0 Å². The molecular weight excluding hydrogens is 330 g/mol. The predicted molar refractivity (Wildman–Crippen MR) is 102 cm³/mol. The van der Waals surface area contributed by atoms with Crippen LogP contribution in [0.2, 0.25) is 0 Å². The Morgan fingerprint density at radius 2 is 1.88 bits per heavy atom. The third-order valence-electron chi connectivity index (χ3n) is 4.05. The predicted octanol–water partition coefficient (Wildman–Crippen LogP) is 1.97. The second-order valence-corrected chi connectivity index (χ2v) is 7.32. The molecule has 0 aliphatic rings. The van der Waals surface area contributed by atoms with Gasteiger partial charge in [-0.25, -0.2) is 0 Å². The van der Waals surface area contributed by atoms with Gasteiger partial charge in [0.05, 0.1) is 5.69 Å². The average molecular weight is 357 g/mol. The van der Waals surface area contributed by atoms with E-state index in [4.69, 9.17) is 5.73 Å². The molecule has 2 aromatic rings. The van der Waals surface area contributed by atoms with E-state index < -0.39 is 0 Å². The quantitative estimate of drug-likeness (QED) is 0.761. The summed E-state index contributed by atoms with van der Waals surface area (Å²) in [7, 11) is 1.75. The van der Waals surface area contributed by atoms with Crippen LogP contribution < -0.4 is 16.4 Å². The molecule has 2 amide bonds. The fourth-order valence-electron chi connectivity index (χ4n) is 2.47. The Hall–Kier alpha value is -2.67. The second-order valence-electron chi connectivity index (χ2n) is 7.32. The number of carbonyl (C=O) groups is 2. The molecular formula is C19H27N5O2. The van der Waals surface area contributed by atoms with Gasteiger partial charge in [-0.1, -0.05) is 20.8 Å². The van der Waals surface area contributed by atoms with Crippen molar-refractivity contribution in [3.05, 3.63) is 46.8 Å². The summed E-state index contributed by atoms with van der Waals surface area (Å²) in [5.41, 5.74) is 8.59. The molecule has 1 aromatic carbocycles. The second kappa shape index (κ2) is 7.70. The van der Waals surface area contributed by atoms with E-state index in [0.717, 1.165) is 11.3 Å². The molecule has 0 radical (unpaired) electrons. The van der Waals surface area contributed by atoms with Gasteiger partial charge in [0.2, 0.25) is 0 Å². The Morgan fingerprint density at radius 1 is 1.19 bits per heavy atom. The zero-order valence-electron chi connectivity index (χ0n) is 16.0. The molecule has 0 atom stereocenters. The number of nitrogens with two attached hydrogens (primary N) is 1. The van der Waals surface area contributed by atoms with Gasteiger partial charge in [-0.2, -0.15) is 5.10 Å². The maximum Gasteiger partial charge on any atom is 0.273 e. The molecule has 0 aliphatic carbocycles. The van der Waals surface area contributed by atoms with Gasteiger partial charge in [0, 0.05) is 36.8 Å². The minimum atomic E-state index is -0.237. The highest BCUT2D eigenvalue weighted by atomic mass is 16.2. The SMILES string of the molecule is Cc1cc(C(=O)NCCN)ccc1NC(=O)c1cc(C(C)(C)C)nn1C. The van der Waals surface area contributed by atoms with Crippen molar-refractivity contribution in [3.63, 3.8) is 0 Å². The largest absolute Gasteiger partial charge is 0.351 e. The number of benzene rings is 1. The summed E-state index contributed by atoms with van der Waals surface area (Å²) in [6, 6.07) is 6.95. The number of amides is 2. The minimum Gasteiger partial charge on any atom is -0.351 e. The van der Waals surface area contributed by atoms with E-state index >= 15 is 0 Å². The zero-order valence-corrected chi connectivity index (χ0v) is 16.0. The van der Waals surface area contributed by atoms with Crippen LogP contribution >= 0.6 is 0 Å². The van der Waals surface area contributed by atoms with Crippen molar-refractivity contribution in [3.8, 4) is 0 Å². The van der Waals surface area contributed by atoms with Crippen LogP contribution in [-0.4, -0.2) is 34.7 Å². The summed E-state index contributed by atoms with van der Waals surface area (Å²) >= 11 is 0. The first-order chi connectivity index (χ1) is 12.1. The Labute approximate surface area is 154 Å². The van der Waals surface area contributed by atoms with Crippen LogP contribution in [0.5, 0.6) is 0 Å². The normalized spacial score (nSPS) is 11.3. The molecule has 4 N–H and O–H groups in total. The number of anilines is 1. The van der Waals surface area contributed by atoms with Gasteiger partial charge in [0.15, 0.2) is 0 Å². The molecule has 140 valence electrons. The fraction of sp³-hybridized carbons (Fsp3) is 0.421. The Bertz CT molecular complexity index is 818. The van der Waals surface area contributed by atoms with Gasteiger partial charge >= 0.3 is 0 Å². The molecule has 1 aromatic heterocycles. The fourth-order valence-corrected chi connectivity index (χ4v) is 2.47. The van der Waals surface area contributed by atoms with Gasteiger partial charge < -0.3 is 16.4 Å². The van der Waals surface area contributed by atoms with Crippen LogP contribution in [0, 0.1) is 6.92 Å². The maximum atomic E-state index is 12.6. The number of hydrogen-bond donors (Lipinski definition) is 3. The van der Waals surface area contributed by atoms with E-state index in [1.807, 2.05) is 6.92 Å². The number of hydrogen-bond acceptors (Lipinski definition) is 4. The molecule has 26 heavy (non-hydrogen) atoms. The number of rotatable bonds is 5. The van der Waals surface area contributed by atoms with Crippen molar-refractivity contribution in [2.24, 2.45) is 12.8 Å². The number of nitrogens with zero attached hydrogens (tertiary/aromatic N) is 2. The van der Waals surface area contributed by atoms with E-state index in [0.29, 0.717) is 30.0 Å². The van der Waals surface area contributed by atoms with E-state index in [2.05, 4.69) is 36.5 Å². The van der Waals surface area contributed by atoms with Crippen molar-refractivity contribution >= 4 is 17.5 Å². The van der Waals surface area contributed by atoms with Gasteiger partial charge in [0.1, 0.15) is 5.69 Å². The van der Waals surface area contributed by atoms with Crippen LogP contribution in [-0.2, 0) is 12.5 Å². The Balaban J connectivity index is 2.17. The number of aromatic nitrogens is 2. The highest BCUT2D eigenvalue weighted by Crippen LogP contribution is 2.22. The van der Waals surface area contributed by atoms with E-state index in [-0.39, 0.29) is 17.2 Å². The minimum absolute atomic E-state index is 0.134. The number of nitrogens with one attached hydrogen (secondary N) is 2. The first-order valence-electron chi connectivity index (χ1n) is 8.58. The monoisotopic (exact) mass is 357 g/mol. The maximum absolute atomic E-state index is 12.6. The van der Waals surface area contributed by atoms with Crippen LogP contribution in [0.3, 0.4) is 0 Å². The molecule has 0 spiro atoms. The summed E-state index contributed by atoms with van der Waals surface area (Å²) < 4.78 is 1.58. The molecule has 1 heterocycles. The molecule has 7 heteroatoms. The lowest BCUT2D eigenvalue weighted by Gasteiger charge is -2.13. The van der Waals surface area contributed by atoms with Gasteiger partial charge in [-0.3, -0.25) is 14.3 Å². The van der Waals surface area contributed by atoms with Crippen LogP contribution in [0.15, 0.2) is 24.3 Å². The highest BCUT2D eigenvalue weighted by Gasteiger charge is 2.22. The number of aryl methyl sites for hydroxylation is 2. The summed E-state index contributed by atoms with van der Waals surface area (Å²) in [6.07, 6.45) is 0. The van der Waals surface area contributed by atoms with Crippen LogP contribution in [0.4, 0.5) is 5.69 Å². The van der Waals surface area contributed by atoms with Crippen LogP contribution in [0.1, 0.15) is 52.9 Å². The van der Waals surface area contributed by atoms with Gasteiger partial charge in [-0.15, -0.1) is 0 Å². The number of carbonyl (C=O) groups excluding carboxylic acids is 2. The molecule has 0 saturated carbocycles. The van der Waals surface area contributed by atoms with E-state index in [1.165, 1.54) is 0 Å². The summed E-state index contributed by atoms with van der Waals surface area (Å²) in [5, 5.41) is 10.0. The summed E-state index contributed by atoms with van der Waals surface area (Å²) in [4.78, 5) is 24.6. The van der Waals surface area contributed by atoms with Crippen molar-refractivity contribution in [2.75, 3.05) is 18.4 Å². The van der Waals surface area contributed by atoms with Crippen molar-refractivity contribution in [1.82, 2.24) is 15.1 Å². The molecule has 0 bridgehead atoms. The lowest BCUT2D eigenvalue weighted by molar-refractivity contribution is 0.0954. The lowest BCUT2D eigenvalue weighted by atomic mass is 9.92. The topological polar surface area (TPSA) is 102 Å². The Kier molecular flexibility index (Phi) is 5.82. The van der Waals surface area contributed by atoms with Gasteiger partial charge in [-0.05, 0) is 36.8 Å². The first kappa shape index (κ1) is 19.7. The van der Waals surface area contributed by atoms with Crippen LogP contribution in [0.25, 0.3) is 0 Å². The lowest BCUT2D eigenvalue weighted by Crippen LogP contribution is -2.29. The third-order valence-corrected chi connectivity index (χ3v) is 4.05. The molecule has 0 fully saturated rings. The Morgan fingerprint density at radius 3 is 2.42 bits per heavy atom. The summed E-state index contributed by atoms with van der Waals surface area (Å²) in [5.74, 6) is -0.420. The molecule has 0 saturated heterocycles. The smallest absolute Gasteiger partial charge is 0.273 e. The molecule has 7 nitrogen and oxygen atoms in total. The van der Waals surface area contributed by atoms with Crippen molar-refractivity contribution in [2.45, 2.75) is 33.1 Å². The highest BCUT2D eigenvalue weighted by molar-refractivity contribution is 6.04. The van der Waals surface area contributed by atoms with Gasteiger partial charge in [0.25, 0.3) is 11.8 Å². The molecule has 0 unspecified atom stereocenters. The van der Waals surface area contributed by atoms with Crippen molar-refractivity contribution < 1.29 is 9.59 Å². The average Bonchev–Trinajstić information content (AvgIpc) is 2.96. The van der Waals surface area contributed by atoms with E-state index in [1.54, 1.807) is 36.0 Å².